The minimum atomic E-state index is -0.0851. The molecule has 1 fully saturated rings. The Morgan fingerprint density at radius 3 is 2.65 bits per heavy atom. The molecule has 1 saturated heterocycles. The van der Waals surface area contributed by atoms with Crippen LogP contribution in [0.2, 0.25) is 0 Å². The van der Waals surface area contributed by atoms with Gasteiger partial charge in [-0.15, -0.1) is 5.10 Å². The van der Waals surface area contributed by atoms with E-state index in [1.54, 1.807) is 0 Å². The fourth-order valence-corrected chi connectivity index (χ4v) is 3.13. The van der Waals surface area contributed by atoms with Gasteiger partial charge in [0.2, 0.25) is 5.91 Å². The van der Waals surface area contributed by atoms with Gasteiger partial charge >= 0.3 is 0 Å². The first kappa shape index (κ1) is 16.5. The molecule has 0 saturated carbocycles. The third-order valence-corrected chi connectivity index (χ3v) is 4.44. The number of amides is 1. The molecular weight excluding hydrogens is 330 g/mol. The highest BCUT2D eigenvalue weighted by Gasteiger charge is 2.15. The molecule has 1 aromatic carbocycles. The second kappa shape index (κ2) is 7.13. The van der Waals surface area contributed by atoms with Crippen LogP contribution in [0.25, 0.3) is 16.9 Å². The lowest BCUT2D eigenvalue weighted by Crippen LogP contribution is -2.28. The first-order valence-electron chi connectivity index (χ1n) is 8.76. The third-order valence-electron chi connectivity index (χ3n) is 4.44. The lowest BCUT2D eigenvalue weighted by molar-refractivity contribution is -0.114. The molecule has 134 valence electrons. The zero-order valence-electron chi connectivity index (χ0n) is 14.6. The largest absolute Gasteiger partial charge is 0.381 e. The third kappa shape index (κ3) is 3.52. The van der Waals surface area contributed by atoms with Crippen molar-refractivity contribution >= 4 is 23.1 Å². The molecule has 3 aromatic rings. The molecule has 0 unspecified atom stereocenters. The van der Waals surface area contributed by atoms with Crippen molar-refractivity contribution in [3.63, 3.8) is 0 Å². The standard InChI is InChI=1S/C19H21N5O2/c1-13(25)21-15-4-2-14(3-5-15)17-12-20-19-7-6-18(23-24(17)19)22-16-8-10-26-11-9-16/h2-7,12,16H,8-11H2,1H3,(H,21,25)(H,22,23). The number of benzene rings is 1. The molecule has 2 N–H and O–H groups in total. The molecule has 26 heavy (non-hydrogen) atoms. The van der Waals surface area contributed by atoms with Gasteiger partial charge in [0.1, 0.15) is 5.82 Å². The summed E-state index contributed by atoms with van der Waals surface area (Å²) in [6, 6.07) is 12.0. The second-order valence-corrected chi connectivity index (χ2v) is 6.42. The molecule has 1 aliphatic heterocycles. The maximum atomic E-state index is 11.2. The molecule has 7 nitrogen and oxygen atoms in total. The van der Waals surface area contributed by atoms with E-state index < -0.39 is 0 Å². The van der Waals surface area contributed by atoms with Crippen LogP contribution < -0.4 is 10.6 Å². The normalized spacial score (nSPS) is 15.1. The Bertz CT molecular complexity index is 913. The van der Waals surface area contributed by atoms with Gasteiger partial charge in [0, 0.05) is 37.4 Å². The van der Waals surface area contributed by atoms with Crippen molar-refractivity contribution in [2.75, 3.05) is 23.8 Å². The summed E-state index contributed by atoms with van der Waals surface area (Å²) >= 11 is 0. The summed E-state index contributed by atoms with van der Waals surface area (Å²) < 4.78 is 7.25. The first-order chi connectivity index (χ1) is 12.7. The topological polar surface area (TPSA) is 80.5 Å². The van der Waals surface area contributed by atoms with Crippen LogP contribution in [-0.4, -0.2) is 39.8 Å². The summed E-state index contributed by atoms with van der Waals surface area (Å²) in [5.41, 5.74) is 3.46. The van der Waals surface area contributed by atoms with E-state index in [0.29, 0.717) is 6.04 Å². The van der Waals surface area contributed by atoms with Gasteiger partial charge in [0.05, 0.1) is 11.9 Å². The van der Waals surface area contributed by atoms with E-state index in [-0.39, 0.29) is 5.91 Å². The Labute approximate surface area is 151 Å². The van der Waals surface area contributed by atoms with Gasteiger partial charge in [0.15, 0.2) is 5.65 Å². The van der Waals surface area contributed by atoms with Crippen LogP contribution in [0, 0.1) is 0 Å². The lowest BCUT2D eigenvalue weighted by Gasteiger charge is -2.23. The van der Waals surface area contributed by atoms with Crippen LogP contribution in [0.3, 0.4) is 0 Å². The molecule has 2 aromatic heterocycles. The number of ether oxygens (including phenoxy) is 1. The van der Waals surface area contributed by atoms with Crippen molar-refractivity contribution in [3.8, 4) is 11.3 Å². The highest BCUT2D eigenvalue weighted by molar-refractivity contribution is 5.88. The number of fused-ring (bicyclic) bond motifs is 1. The summed E-state index contributed by atoms with van der Waals surface area (Å²) in [5, 5.41) is 11.0. The van der Waals surface area contributed by atoms with E-state index >= 15 is 0 Å². The molecule has 7 heteroatoms. The minimum Gasteiger partial charge on any atom is -0.381 e. The van der Waals surface area contributed by atoms with Gasteiger partial charge in [0.25, 0.3) is 0 Å². The summed E-state index contributed by atoms with van der Waals surface area (Å²) in [6.07, 6.45) is 3.79. The number of hydrogen-bond donors (Lipinski definition) is 2. The fourth-order valence-electron chi connectivity index (χ4n) is 3.13. The summed E-state index contributed by atoms with van der Waals surface area (Å²) in [6.45, 7) is 3.07. The molecule has 0 bridgehead atoms. The van der Waals surface area contributed by atoms with Crippen molar-refractivity contribution in [3.05, 3.63) is 42.6 Å². The van der Waals surface area contributed by atoms with Gasteiger partial charge in [-0.2, -0.15) is 0 Å². The van der Waals surface area contributed by atoms with Crippen molar-refractivity contribution < 1.29 is 9.53 Å². The van der Waals surface area contributed by atoms with Crippen LogP contribution in [0.15, 0.2) is 42.6 Å². The zero-order chi connectivity index (χ0) is 17.9. The number of aromatic nitrogens is 3. The van der Waals surface area contributed by atoms with E-state index in [4.69, 9.17) is 9.84 Å². The van der Waals surface area contributed by atoms with Gasteiger partial charge in [-0.05, 0) is 37.1 Å². The number of hydrogen-bond acceptors (Lipinski definition) is 5. The summed E-state index contributed by atoms with van der Waals surface area (Å²) in [7, 11) is 0. The van der Waals surface area contributed by atoms with Crippen LogP contribution in [0.5, 0.6) is 0 Å². The van der Waals surface area contributed by atoms with Crippen LogP contribution >= 0.6 is 0 Å². The van der Waals surface area contributed by atoms with Crippen LogP contribution in [-0.2, 0) is 9.53 Å². The van der Waals surface area contributed by atoms with Crippen molar-refractivity contribution in [2.45, 2.75) is 25.8 Å². The predicted molar refractivity (Wildman–Crippen MR) is 100 cm³/mol. The average molecular weight is 351 g/mol. The quantitative estimate of drug-likeness (QED) is 0.755. The lowest BCUT2D eigenvalue weighted by atomic mass is 10.1. The average Bonchev–Trinajstić information content (AvgIpc) is 3.06. The SMILES string of the molecule is CC(=O)Nc1ccc(-c2cnc3ccc(NC4CCOCC4)nn23)cc1. The highest BCUT2D eigenvalue weighted by Crippen LogP contribution is 2.23. The van der Waals surface area contributed by atoms with Gasteiger partial charge < -0.3 is 15.4 Å². The Morgan fingerprint density at radius 2 is 1.92 bits per heavy atom. The minimum absolute atomic E-state index is 0.0851. The molecule has 0 radical (unpaired) electrons. The Kier molecular flexibility index (Phi) is 4.53. The highest BCUT2D eigenvalue weighted by atomic mass is 16.5. The van der Waals surface area contributed by atoms with E-state index in [1.807, 2.05) is 47.1 Å². The molecule has 1 aliphatic rings. The second-order valence-electron chi connectivity index (χ2n) is 6.42. The number of carbonyl (C=O) groups is 1. The summed E-state index contributed by atoms with van der Waals surface area (Å²) in [5.74, 6) is 0.747. The van der Waals surface area contributed by atoms with Gasteiger partial charge in [-0.1, -0.05) is 12.1 Å². The first-order valence-corrected chi connectivity index (χ1v) is 8.76. The Morgan fingerprint density at radius 1 is 1.15 bits per heavy atom. The molecule has 1 amide bonds. The van der Waals surface area contributed by atoms with E-state index in [9.17, 15) is 4.79 Å². The molecule has 0 atom stereocenters. The number of anilines is 2. The predicted octanol–water partition coefficient (Wildman–Crippen LogP) is 2.95. The maximum absolute atomic E-state index is 11.2. The smallest absolute Gasteiger partial charge is 0.221 e. The number of nitrogens with one attached hydrogen (secondary N) is 2. The Balaban J connectivity index is 1.60. The number of carbonyl (C=O) groups excluding carboxylic acids is 1. The molecular formula is C19H21N5O2. The van der Waals surface area contributed by atoms with Gasteiger partial charge in [-0.3, -0.25) is 4.79 Å². The zero-order valence-corrected chi connectivity index (χ0v) is 14.6. The van der Waals surface area contributed by atoms with Crippen LogP contribution in [0.4, 0.5) is 11.5 Å². The molecule has 3 heterocycles. The van der Waals surface area contributed by atoms with Crippen LogP contribution in [0.1, 0.15) is 19.8 Å². The fraction of sp³-hybridized carbons (Fsp3) is 0.316. The number of nitrogens with zero attached hydrogens (tertiary/aromatic N) is 3. The van der Waals surface area contributed by atoms with E-state index in [1.165, 1.54) is 6.92 Å². The van der Waals surface area contributed by atoms with Crippen molar-refractivity contribution in [1.82, 2.24) is 14.6 Å². The number of imidazole rings is 1. The molecule has 0 aliphatic carbocycles. The molecule has 0 spiro atoms. The van der Waals surface area contributed by atoms with Gasteiger partial charge in [-0.25, -0.2) is 9.50 Å². The van der Waals surface area contributed by atoms with Crippen molar-refractivity contribution in [2.24, 2.45) is 0 Å². The Hall–Kier alpha value is -2.93. The molecule has 4 rings (SSSR count). The van der Waals surface area contributed by atoms with E-state index in [0.717, 1.165) is 54.5 Å². The number of rotatable bonds is 4. The van der Waals surface area contributed by atoms with E-state index in [2.05, 4.69) is 15.6 Å². The monoisotopic (exact) mass is 351 g/mol. The maximum Gasteiger partial charge on any atom is 0.221 e. The summed E-state index contributed by atoms with van der Waals surface area (Å²) in [4.78, 5) is 15.6. The van der Waals surface area contributed by atoms with Crippen molar-refractivity contribution in [1.29, 1.82) is 0 Å².